The van der Waals surface area contributed by atoms with Crippen molar-refractivity contribution in [3.63, 3.8) is 0 Å². The number of hydrogen-bond acceptors (Lipinski definition) is 5. The molecule has 1 aliphatic rings. The van der Waals surface area contributed by atoms with Crippen LogP contribution < -0.4 is 10.6 Å². The number of aliphatic hydroxyl groups is 1. The number of rotatable bonds is 5. The van der Waals surface area contributed by atoms with Crippen molar-refractivity contribution in [1.29, 1.82) is 0 Å². The smallest absolute Gasteiger partial charge is 0.261 e. The van der Waals surface area contributed by atoms with Crippen LogP contribution in [0.1, 0.15) is 22.5 Å². The van der Waals surface area contributed by atoms with Crippen LogP contribution in [0.15, 0.2) is 17.5 Å². The van der Waals surface area contributed by atoms with Crippen molar-refractivity contribution in [2.45, 2.75) is 18.4 Å². The molecule has 3 N–H and O–H groups in total. The molecule has 1 saturated heterocycles. The average Bonchev–Trinajstić information content (AvgIpc) is 2.98. The molecule has 2 amide bonds. The van der Waals surface area contributed by atoms with E-state index in [1.165, 1.54) is 11.3 Å². The Bertz CT molecular complexity index is 455. The zero-order chi connectivity index (χ0) is 14.4. The van der Waals surface area contributed by atoms with Gasteiger partial charge in [0.15, 0.2) is 0 Å². The third-order valence-electron chi connectivity index (χ3n) is 3.19. The maximum Gasteiger partial charge on any atom is 0.261 e. The molecule has 0 aromatic carbocycles. The van der Waals surface area contributed by atoms with E-state index in [1.807, 2.05) is 0 Å². The highest BCUT2D eigenvalue weighted by Crippen LogP contribution is 2.19. The van der Waals surface area contributed by atoms with Crippen molar-refractivity contribution >= 4 is 23.2 Å². The van der Waals surface area contributed by atoms with Gasteiger partial charge in [-0.25, -0.2) is 0 Å². The standard InChI is InChI=1S/C13H18N2O4S/c16-11(8-14-12(17)10-2-1-7-20-10)15-9-13(18)3-5-19-6-4-13/h1-2,7,18H,3-6,8-9H2,(H,14,17)(H,15,16). The number of carbonyl (C=O) groups is 2. The number of thiophene rings is 1. The lowest BCUT2D eigenvalue weighted by Gasteiger charge is -2.32. The summed E-state index contributed by atoms with van der Waals surface area (Å²) >= 11 is 1.32. The zero-order valence-corrected chi connectivity index (χ0v) is 11.9. The molecule has 20 heavy (non-hydrogen) atoms. The summed E-state index contributed by atoms with van der Waals surface area (Å²) in [6.45, 7) is 1.09. The van der Waals surface area contributed by atoms with E-state index in [0.717, 1.165) is 0 Å². The van der Waals surface area contributed by atoms with E-state index in [9.17, 15) is 14.7 Å². The number of carbonyl (C=O) groups excluding carboxylic acids is 2. The Morgan fingerprint density at radius 3 is 2.75 bits per heavy atom. The molecule has 6 nitrogen and oxygen atoms in total. The van der Waals surface area contributed by atoms with Crippen LogP contribution >= 0.6 is 11.3 Å². The monoisotopic (exact) mass is 298 g/mol. The minimum atomic E-state index is -0.897. The summed E-state index contributed by atoms with van der Waals surface area (Å²) in [4.78, 5) is 23.8. The van der Waals surface area contributed by atoms with Gasteiger partial charge in [0.2, 0.25) is 5.91 Å². The topological polar surface area (TPSA) is 87.7 Å². The Kier molecular flexibility index (Phi) is 5.11. The molecule has 1 aliphatic heterocycles. The molecule has 0 saturated carbocycles. The first-order valence-corrected chi connectivity index (χ1v) is 7.36. The molecule has 1 aromatic rings. The van der Waals surface area contributed by atoms with Gasteiger partial charge in [0.1, 0.15) is 0 Å². The third kappa shape index (κ3) is 4.29. The van der Waals surface area contributed by atoms with E-state index in [-0.39, 0.29) is 24.9 Å². The average molecular weight is 298 g/mol. The lowest BCUT2D eigenvalue weighted by Crippen LogP contribution is -2.48. The first kappa shape index (κ1) is 15.0. The van der Waals surface area contributed by atoms with Crippen molar-refractivity contribution in [2.75, 3.05) is 26.3 Å². The molecule has 110 valence electrons. The second-order valence-electron chi connectivity index (χ2n) is 4.77. The Morgan fingerprint density at radius 2 is 2.10 bits per heavy atom. The van der Waals surface area contributed by atoms with Gasteiger partial charge in [-0.05, 0) is 11.4 Å². The lowest BCUT2D eigenvalue weighted by atomic mass is 9.94. The van der Waals surface area contributed by atoms with Crippen molar-refractivity contribution in [1.82, 2.24) is 10.6 Å². The molecule has 0 radical (unpaired) electrons. The highest BCUT2D eigenvalue weighted by Gasteiger charge is 2.30. The van der Waals surface area contributed by atoms with Crippen molar-refractivity contribution in [3.8, 4) is 0 Å². The Labute approximate surface area is 121 Å². The SMILES string of the molecule is O=C(CNC(=O)c1cccs1)NCC1(O)CCOCC1. The molecular formula is C13H18N2O4S. The van der Waals surface area contributed by atoms with Gasteiger partial charge in [-0.3, -0.25) is 9.59 Å². The number of amides is 2. The molecular weight excluding hydrogens is 280 g/mol. The van der Waals surface area contributed by atoms with Crippen molar-refractivity contribution < 1.29 is 19.4 Å². The quantitative estimate of drug-likeness (QED) is 0.721. The van der Waals surface area contributed by atoms with Crippen LogP contribution in [0.3, 0.4) is 0 Å². The fraction of sp³-hybridized carbons (Fsp3) is 0.538. The summed E-state index contributed by atoms with van der Waals surface area (Å²) < 4.78 is 5.16. The van der Waals surface area contributed by atoms with E-state index >= 15 is 0 Å². The molecule has 0 aliphatic carbocycles. The number of nitrogens with one attached hydrogen (secondary N) is 2. The summed E-state index contributed by atoms with van der Waals surface area (Å²) in [6, 6.07) is 3.48. The summed E-state index contributed by atoms with van der Waals surface area (Å²) in [7, 11) is 0. The van der Waals surface area contributed by atoms with Gasteiger partial charge in [-0.1, -0.05) is 6.07 Å². The maximum absolute atomic E-state index is 11.6. The highest BCUT2D eigenvalue weighted by atomic mass is 32.1. The van der Waals surface area contributed by atoms with Gasteiger partial charge in [-0.2, -0.15) is 0 Å². The number of hydrogen-bond donors (Lipinski definition) is 3. The van der Waals surface area contributed by atoms with Crippen LogP contribution in [0.25, 0.3) is 0 Å². The second kappa shape index (κ2) is 6.83. The first-order chi connectivity index (χ1) is 9.59. The fourth-order valence-electron chi connectivity index (χ4n) is 1.91. The number of ether oxygens (including phenoxy) is 1. The second-order valence-corrected chi connectivity index (χ2v) is 5.72. The van der Waals surface area contributed by atoms with Gasteiger partial charge < -0.3 is 20.5 Å². The largest absolute Gasteiger partial charge is 0.388 e. The van der Waals surface area contributed by atoms with E-state index in [4.69, 9.17) is 4.74 Å². The first-order valence-electron chi connectivity index (χ1n) is 6.48. The maximum atomic E-state index is 11.6. The van der Waals surface area contributed by atoms with Crippen LogP contribution in [0.2, 0.25) is 0 Å². The van der Waals surface area contributed by atoms with Crippen molar-refractivity contribution in [2.24, 2.45) is 0 Å². The van der Waals surface area contributed by atoms with Crippen LogP contribution in [0.4, 0.5) is 0 Å². The van der Waals surface area contributed by atoms with E-state index in [1.54, 1.807) is 17.5 Å². The molecule has 0 spiro atoms. The molecule has 1 aromatic heterocycles. The van der Waals surface area contributed by atoms with Crippen LogP contribution in [-0.2, 0) is 9.53 Å². The fourth-order valence-corrected chi connectivity index (χ4v) is 2.55. The van der Waals surface area contributed by atoms with Gasteiger partial charge in [0.25, 0.3) is 5.91 Å². The Morgan fingerprint density at radius 1 is 1.35 bits per heavy atom. The summed E-state index contributed by atoms with van der Waals surface area (Å²) in [5, 5.41) is 17.1. The predicted molar refractivity (Wildman–Crippen MR) is 74.7 cm³/mol. The summed E-state index contributed by atoms with van der Waals surface area (Å²) in [5.74, 6) is -0.574. The Balaban J connectivity index is 1.69. The van der Waals surface area contributed by atoms with Gasteiger partial charge >= 0.3 is 0 Å². The normalized spacial score (nSPS) is 17.4. The molecule has 0 unspecified atom stereocenters. The third-order valence-corrected chi connectivity index (χ3v) is 4.06. The van der Waals surface area contributed by atoms with E-state index in [0.29, 0.717) is 30.9 Å². The van der Waals surface area contributed by atoms with Crippen LogP contribution in [0, 0.1) is 0 Å². The Hall–Kier alpha value is -1.44. The summed E-state index contributed by atoms with van der Waals surface area (Å²) in [5.41, 5.74) is -0.897. The van der Waals surface area contributed by atoms with Crippen molar-refractivity contribution in [3.05, 3.63) is 22.4 Å². The summed E-state index contributed by atoms with van der Waals surface area (Å²) in [6.07, 6.45) is 1.02. The molecule has 0 bridgehead atoms. The molecule has 0 atom stereocenters. The van der Waals surface area contributed by atoms with Gasteiger partial charge in [-0.15, -0.1) is 11.3 Å². The van der Waals surface area contributed by atoms with Gasteiger partial charge in [0.05, 0.1) is 17.0 Å². The van der Waals surface area contributed by atoms with E-state index in [2.05, 4.69) is 10.6 Å². The molecule has 7 heteroatoms. The predicted octanol–water partition coefficient (Wildman–Crippen LogP) is 0.136. The van der Waals surface area contributed by atoms with Crippen LogP contribution in [-0.4, -0.2) is 48.8 Å². The zero-order valence-electron chi connectivity index (χ0n) is 11.1. The highest BCUT2D eigenvalue weighted by molar-refractivity contribution is 7.12. The van der Waals surface area contributed by atoms with Crippen LogP contribution in [0.5, 0.6) is 0 Å². The molecule has 2 rings (SSSR count). The minimum absolute atomic E-state index is 0.0939. The minimum Gasteiger partial charge on any atom is -0.388 e. The lowest BCUT2D eigenvalue weighted by molar-refractivity contribution is -0.123. The van der Waals surface area contributed by atoms with E-state index < -0.39 is 5.60 Å². The molecule has 2 heterocycles. The van der Waals surface area contributed by atoms with Gasteiger partial charge in [0, 0.05) is 32.6 Å². The molecule has 1 fully saturated rings.